The molecular formula is C22H30N2O3. The van der Waals surface area contributed by atoms with E-state index in [1.807, 2.05) is 29.2 Å². The van der Waals surface area contributed by atoms with Crippen molar-refractivity contribution in [3.05, 3.63) is 41.5 Å². The Morgan fingerprint density at radius 1 is 1.30 bits per heavy atom. The number of carbonyl (C=O) groups excluding carboxylic acids is 2. The number of hydrogen-bond donors (Lipinski definition) is 1. The van der Waals surface area contributed by atoms with Gasteiger partial charge in [0.2, 0.25) is 11.8 Å². The molecule has 1 aliphatic carbocycles. The summed E-state index contributed by atoms with van der Waals surface area (Å²) in [5, 5.41) is 2.99. The number of likely N-dealkylation sites (tertiary alicyclic amines) is 1. The van der Waals surface area contributed by atoms with Crippen molar-refractivity contribution in [1.29, 1.82) is 0 Å². The topological polar surface area (TPSA) is 58.6 Å². The predicted octanol–water partition coefficient (Wildman–Crippen LogP) is 3.09. The van der Waals surface area contributed by atoms with Crippen molar-refractivity contribution in [3.8, 4) is 5.75 Å². The molecule has 1 aliphatic heterocycles. The second kappa shape index (κ2) is 9.58. The fourth-order valence-corrected chi connectivity index (χ4v) is 3.88. The molecule has 0 spiro atoms. The standard InChI is InChI=1S/C22H30N2O3/c1-27-20-9-5-8-18(14-20)10-12-23-22(26)19-15-21(25)24(16-19)13-11-17-6-3-2-4-7-17/h5-6,8-9,14,19H,2-4,7,10-13,15-16H2,1H3,(H,23,26). The predicted molar refractivity (Wildman–Crippen MR) is 106 cm³/mol. The van der Waals surface area contributed by atoms with Crippen LogP contribution in [0, 0.1) is 5.92 Å². The van der Waals surface area contributed by atoms with Gasteiger partial charge < -0.3 is 15.0 Å². The van der Waals surface area contributed by atoms with Gasteiger partial charge in [-0.05, 0) is 56.2 Å². The van der Waals surface area contributed by atoms with Gasteiger partial charge in [-0.3, -0.25) is 9.59 Å². The first-order valence-corrected chi connectivity index (χ1v) is 10.0. The summed E-state index contributed by atoms with van der Waals surface area (Å²) in [4.78, 5) is 26.5. The second-order valence-corrected chi connectivity index (χ2v) is 7.49. The summed E-state index contributed by atoms with van der Waals surface area (Å²) in [6.45, 7) is 1.87. The van der Waals surface area contributed by atoms with Gasteiger partial charge in [-0.15, -0.1) is 0 Å². The zero-order valence-electron chi connectivity index (χ0n) is 16.2. The lowest BCUT2D eigenvalue weighted by molar-refractivity contribution is -0.129. The first-order valence-electron chi connectivity index (χ1n) is 10.0. The molecule has 1 saturated heterocycles. The molecule has 1 aromatic carbocycles. The Hall–Kier alpha value is -2.30. The minimum absolute atomic E-state index is 0.00868. The van der Waals surface area contributed by atoms with E-state index < -0.39 is 0 Å². The molecule has 1 N–H and O–H groups in total. The first kappa shape index (κ1) is 19.5. The Morgan fingerprint density at radius 3 is 2.96 bits per heavy atom. The minimum atomic E-state index is -0.219. The van der Waals surface area contributed by atoms with Crippen molar-refractivity contribution in [2.75, 3.05) is 26.7 Å². The minimum Gasteiger partial charge on any atom is -0.497 e. The fourth-order valence-electron chi connectivity index (χ4n) is 3.88. The molecule has 5 nitrogen and oxygen atoms in total. The van der Waals surface area contributed by atoms with Gasteiger partial charge in [0.05, 0.1) is 13.0 Å². The van der Waals surface area contributed by atoms with Crippen LogP contribution in [-0.4, -0.2) is 43.5 Å². The summed E-state index contributed by atoms with van der Waals surface area (Å²) < 4.78 is 5.22. The largest absolute Gasteiger partial charge is 0.497 e. The molecule has 0 saturated carbocycles. The number of allylic oxidation sites excluding steroid dienone is 1. The molecule has 0 aromatic heterocycles. The highest BCUT2D eigenvalue weighted by Gasteiger charge is 2.33. The van der Waals surface area contributed by atoms with Crippen LogP contribution in [-0.2, 0) is 16.0 Å². The van der Waals surface area contributed by atoms with Crippen molar-refractivity contribution in [2.45, 2.75) is 44.9 Å². The number of carbonyl (C=O) groups is 2. The van der Waals surface area contributed by atoms with E-state index in [-0.39, 0.29) is 17.7 Å². The van der Waals surface area contributed by atoms with Crippen LogP contribution >= 0.6 is 0 Å². The maximum Gasteiger partial charge on any atom is 0.225 e. The van der Waals surface area contributed by atoms with Crippen LogP contribution in [0.1, 0.15) is 44.1 Å². The molecule has 1 atom stereocenters. The van der Waals surface area contributed by atoms with Crippen LogP contribution in [0.5, 0.6) is 5.75 Å². The number of benzene rings is 1. The lowest BCUT2D eigenvalue weighted by Crippen LogP contribution is -2.34. The SMILES string of the molecule is COc1cccc(CCNC(=O)C2CC(=O)N(CCC3=CCCCC3)C2)c1. The molecule has 0 radical (unpaired) electrons. The van der Waals surface area contributed by atoms with Gasteiger partial charge in [-0.1, -0.05) is 23.8 Å². The summed E-state index contributed by atoms with van der Waals surface area (Å²) >= 11 is 0. The van der Waals surface area contributed by atoms with E-state index in [0.29, 0.717) is 19.5 Å². The highest BCUT2D eigenvalue weighted by molar-refractivity contribution is 5.89. The van der Waals surface area contributed by atoms with E-state index in [0.717, 1.165) is 37.1 Å². The number of rotatable bonds is 8. The Labute approximate surface area is 161 Å². The molecule has 1 heterocycles. The van der Waals surface area contributed by atoms with Gasteiger partial charge >= 0.3 is 0 Å². The normalized spacial score (nSPS) is 19.7. The Balaban J connectivity index is 1.41. The van der Waals surface area contributed by atoms with E-state index in [1.165, 1.54) is 24.8 Å². The molecule has 5 heteroatoms. The van der Waals surface area contributed by atoms with Crippen LogP contribution in [0.15, 0.2) is 35.9 Å². The summed E-state index contributed by atoms with van der Waals surface area (Å²) in [5.74, 6) is 0.706. The summed E-state index contributed by atoms with van der Waals surface area (Å²) in [7, 11) is 1.65. The second-order valence-electron chi connectivity index (χ2n) is 7.49. The van der Waals surface area contributed by atoms with Crippen molar-refractivity contribution in [3.63, 3.8) is 0 Å². The molecule has 1 fully saturated rings. The highest BCUT2D eigenvalue weighted by atomic mass is 16.5. The van der Waals surface area contributed by atoms with Crippen molar-refractivity contribution in [1.82, 2.24) is 10.2 Å². The van der Waals surface area contributed by atoms with Gasteiger partial charge in [0.15, 0.2) is 0 Å². The van der Waals surface area contributed by atoms with E-state index in [1.54, 1.807) is 7.11 Å². The number of hydrogen-bond acceptors (Lipinski definition) is 3. The quantitative estimate of drug-likeness (QED) is 0.716. The first-order chi connectivity index (χ1) is 13.2. The molecule has 1 unspecified atom stereocenters. The van der Waals surface area contributed by atoms with Crippen molar-refractivity contribution < 1.29 is 14.3 Å². The van der Waals surface area contributed by atoms with E-state index >= 15 is 0 Å². The van der Waals surface area contributed by atoms with Crippen molar-refractivity contribution >= 4 is 11.8 Å². The molecule has 146 valence electrons. The Bertz CT molecular complexity index is 699. The lowest BCUT2D eigenvalue weighted by Gasteiger charge is -2.19. The number of methoxy groups -OCH3 is 1. The number of nitrogens with zero attached hydrogens (tertiary/aromatic N) is 1. The zero-order valence-corrected chi connectivity index (χ0v) is 16.2. The average Bonchev–Trinajstić information content (AvgIpc) is 3.08. The summed E-state index contributed by atoms with van der Waals surface area (Å²) in [5.41, 5.74) is 2.60. The fraction of sp³-hybridized carbons (Fsp3) is 0.545. The van der Waals surface area contributed by atoms with Gasteiger partial charge in [-0.2, -0.15) is 0 Å². The van der Waals surface area contributed by atoms with Gasteiger partial charge in [0.1, 0.15) is 5.75 Å². The molecule has 3 rings (SSSR count). The summed E-state index contributed by atoms with van der Waals surface area (Å²) in [6, 6.07) is 7.86. The molecule has 0 bridgehead atoms. The zero-order chi connectivity index (χ0) is 19.1. The molecule has 1 aromatic rings. The molecule has 27 heavy (non-hydrogen) atoms. The van der Waals surface area contributed by atoms with E-state index in [2.05, 4.69) is 11.4 Å². The van der Waals surface area contributed by atoms with Gasteiger partial charge in [0, 0.05) is 26.1 Å². The van der Waals surface area contributed by atoms with Gasteiger partial charge in [-0.25, -0.2) is 0 Å². The molecule has 2 aliphatic rings. The van der Waals surface area contributed by atoms with Crippen molar-refractivity contribution in [2.24, 2.45) is 5.92 Å². The monoisotopic (exact) mass is 370 g/mol. The highest BCUT2D eigenvalue weighted by Crippen LogP contribution is 2.23. The van der Waals surface area contributed by atoms with Crippen LogP contribution < -0.4 is 10.1 Å². The smallest absolute Gasteiger partial charge is 0.225 e. The van der Waals surface area contributed by atoms with Crippen LogP contribution in [0.2, 0.25) is 0 Å². The van der Waals surface area contributed by atoms with Crippen LogP contribution in [0.4, 0.5) is 0 Å². The Kier molecular flexibility index (Phi) is 6.91. The number of amides is 2. The Morgan fingerprint density at radius 2 is 2.19 bits per heavy atom. The molecular weight excluding hydrogens is 340 g/mol. The lowest BCUT2D eigenvalue weighted by atomic mass is 9.97. The summed E-state index contributed by atoms with van der Waals surface area (Å²) in [6.07, 6.45) is 9.24. The third-order valence-electron chi connectivity index (χ3n) is 5.52. The van der Waals surface area contributed by atoms with E-state index in [9.17, 15) is 9.59 Å². The van der Waals surface area contributed by atoms with E-state index in [4.69, 9.17) is 4.74 Å². The number of nitrogens with one attached hydrogen (secondary N) is 1. The van der Waals surface area contributed by atoms with Gasteiger partial charge in [0.25, 0.3) is 0 Å². The van der Waals surface area contributed by atoms with Crippen LogP contribution in [0.25, 0.3) is 0 Å². The third-order valence-corrected chi connectivity index (χ3v) is 5.52. The van der Waals surface area contributed by atoms with Crippen LogP contribution in [0.3, 0.4) is 0 Å². The maximum atomic E-state index is 12.4. The maximum absolute atomic E-state index is 12.4. The number of ether oxygens (including phenoxy) is 1. The average molecular weight is 370 g/mol. The third kappa shape index (κ3) is 5.59. The molecule has 2 amide bonds.